The topological polar surface area (TPSA) is 134 Å². The fourth-order valence-corrected chi connectivity index (χ4v) is 3.35. The molecule has 10 nitrogen and oxygen atoms in total. The van der Waals surface area contributed by atoms with Gasteiger partial charge in [0.25, 0.3) is 5.91 Å². The molecule has 0 saturated heterocycles. The maximum Gasteiger partial charge on any atom is 0.421 e. The summed E-state index contributed by atoms with van der Waals surface area (Å²) in [5.74, 6) is -2.75. The van der Waals surface area contributed by atoms with E-state index in [1.165, 1.54) is 42.2 Å². The van der Waals surface area contributed by atoms with Crippen molar-refractivity contribution < 1.29 is 35.3 Å². The van der Waals surface area contributed by atoms with Crippen LogP contribution in [-0.4, -0.2) is 37.6 Å². The van der Waals surface area contributed by atoms with Crippen molar-refractivity contribution in [3.63, 3.8) is 0 Å². The number of carbonyl (C=O) groups is 1. The maximum absolute atomic E-state index is 14.0. The number of carbonyl (C=O) groups excluding carboxylic acids is 1. The molecule has 0 aliphatic carbocycles. The van der Waals surface area contributed by atoms with Crippen LogP contribution in [0, 0.1) is 5.82 Å². The second kappa shape index (κ2) is 9.69. The first kappa shape index (κ1) is 25.6. The van der Waals surface area contributed by atoms with Crippen molar-refractivity contribution in [1.82, 2.24) is 9.97 Å². The van der Waals surface area contributed by atoms with Gasteiger partial charge in [0, 0.05) is 25.0 Å². The van der Waals surface area contributed by atoms with E-state index in [0.717, 1.165) is 22.7 Å². The Morgan fingerprint density at radius 2 is 1.97 bits per heavy atom. The third kappa shape index (κ3) is 6.32. The van der Waals surface area contributed by atoms with Crippen LogP contribution in [0.25, 0.3) is 0 Å². The molecule has 2 aromatic heterocycles. The normalized spacial score (nSPS) is 11.7. The molecule has 0 unspecified atom stereocenters. The first-order chi connectivity index (χ1) is 16.3. The van der Waals surface area contributed by atoms with E-state index < -0.39 is 39.3 Å². The quantitative estimate of drug-likeness (QED) is 0.310. The lowest BCUT2D eigenvalue weighted by atomic mass is 10.2. The summed E-state index contributed by atoms with van der Waals surface area (Å²) in [5, 5.41) is 5.12. The van der Waals surface area contributed by atoms with Crippen molar-refractivity contribution in [2.75, 3.05) is 28.2 Å². The zero-order valence-electron chi connectivity index (χ0n) is 18.3. The van der Waals surface area contributed by atoms with E-state index in [1.807, 2.05) is 0 Å². The molecule has 0 saturated carbocycles. The molecular formula is C20H20F4N7O3S+. The van der Waals surface area contributed by atoms with Crippen LogP contribution in [0.1, 0.15) is 15.9 Å². The molecule has 0 spiro atoms. The van der Waals surface area contributed by atoms with Crippen LogP contribution in [-0.2, 0) is 22.9 Å². The monoisotopic (exact) mass is 514 g/mol. The summed E-state index contributed by atoms with van der Waals surface area (Å²) in [5.41, 5.74) is 3.91. The molecule has 4 N–H and O–H groups in total. The number of amides is 1. The summed E-state index contributed by atoms with van der Waals surface area (Å²) in [6, 6.07) is 6.37. The zero-order valence-corrected chi connectivity index (χ0v) is 19.2. The van der Waals surface area contributed by atoms with Gasteiger partial charge in [-0.3, -0.25) is 9.10 Å². The predicted octanol–water partition coefficient (Wildman–Crippen LogP) is 2.23. The predicted molar refractivity (Wildman–Crippen MR) is 119 cm³/mol. The number of aromatic nitrogens is 3. The summed E-state index contributed by atoms with van der Waals surface area (Å²) >= 11 is 0. The van der Waals surface area contributed by atoms with E-state index in [2.05, 4.69) is 20.6 Å². The standard InChI is InChI=1S/C20H19F4N7O3S/c1-30(35(2,33)34)13-4-3-7-31(10-13)11-27-18-15(20(22,23)24)9-26-19(29-18)28-12-5-6-14(17(25)32)16(21)8-12/h3-10H,11H2,1-2H3,(H3-,25,26,27,28,29,32)/p+1. The Morgan fingerprint density at radius 3 is 2.57 bits per heavy atom. The SMILES string of the molecule is CN(c1ccc[n+](CNc2nc(Nc3ccc(C(N)=O)c(F)c3)ncc2C(F)(F)F)c1)S(C)(=O)=O. The van der Waals surface area contributed by atoms with E-state index >= 15 is 0 Å². The summed E-state index contributed by atoms with van der Waals surface area (Å²) in [7, 11) is -2.20. The Hall–Kier alpha value is -4.01. The van der Waals surface area contributed by atoms with Gasteiger partial charge < -0.3 is 16.4 Å². The van der Waals surface area contributed by atoms with Crippen LogP contribution in [0.15, 0.2) is 48.9 Å². The largest absolute Gasteiger partial charge is 0.421 e. The molecule has 2 heterocycles. The Bertz CT molecular complexity index is 1370. The number of nitrogens with one attached hydrogen (secondary N) is 2. The average molecular weight is 514 g/mol. The summed E-state index contributed by atoms with van der Waals surface area (Å²) in [6.07, 6.45) is -0.265. The number of anilines is 4. The highest BCUT2D eigenvalue weighted by Crippen LogP contribution is 2.34. The molecule has 0 aliphatic rings. The molecule has 0 aliphatic heterocycles. The number of hydrogen-bond donors (Lipinski definition) is 3. The number of primary amides is 1. The number of rotatable bonds is 8. The van der Waals surface area contributed by atoms with Gasteiger partial charge in [-0.05, 0) is 24.3 Å². The summed E-state index contributed by atoms with van der Waals surface area (Å²) in [4.78, 5) is 18.6. The van der Waals surface area contributed by atoms with Gasteiger partial charge in [-0.2, -0.15) is 22.7 Å². The zero-order chi connectivity index (χ0) is 26.0. The van der Waals surface area contributed by atoms with E-state index in [9.17, 15) is 30.8 Å². The second-order valence-electron chi connectivity index (χ2n) is 7.28. The van der Waals surface area contributed by atoms with E-state index in [0.29, 0.717) is 11.9 Å². The number of hydrogen-bond acceptors (Lipinski definition) is 7. The number of nitrogens with two attached hydrogens (primary N) is 1. The van der Waals surface area contributed by atoms with Gasteiger partial charge in [0.05, 0.1) is 11.8 Å². The van der Waals surface area contributed by atoms with Crippen molar-refractivity contribution in [2.24, 2.45) is 5.73 Å². The van der Waals surface area contributed by atoms with Crippen molar-refractivity contribution in [2.45, 2.75) is 12.8 Å². The molecule has 0 radical (unpaired) electrons. The average Bonchev–Trinajstić information content (AvgIpc) is 2.76. The molecule has 3 aromatic rings. The van der Waals surface area contributed by atoms with Gasteiger partial charge in [0.2, 0.25) is 22.6 Å². The van der Waals surface area contributed by atoms with Crippen molar-refractivity contribution in [1.29, 1.82) is 0 Å². The van der Waals surface area contributed by atoms with Crippen LogP contribution in [0.4, 0.5) is 40.7 Å². The van der Waals surface area contributed by atoms with Gasteiger partial charge >= 0.3 is 6.18 Å². The molecule has 0 bridgehead atoms. The van der Waals surface area contributed by atoms with Gasteiger partial charge in [-0.25, -0.2) is 17.8 Å². The summed E-state index contributed by atoms with van der Waals surface area (Å²) in [6.45, 7) is -0.201. The van der Waals surface area contributed by atoms with Gasteiger partial charge in [-0.1, -0.05) is 0 Å². The van der Waals surface area contributed by atoms with E-state index in [1.54, 1.807) is 0 Å². The molecule has 1 amide bonds. The number of sulfonamides is 1. The number of halogens is 4. The first-order valence-electron chi connectivity index (χ1n) is 9.73. The smallest absolute Gasteiger partial charge is 0.366 e. The lowest BCUT2D eigenvalue weighted by molar-refractivity contribution is -0.690. The van der Waals surface area contributed by atoms with Gasteiger partial charge in [0.1, 0.15) is 22.9 Å². The van der Waals surface area contributed by atoms with Crippen molar-refractivity contribution in [3.8, 4) is 0 Å². The number of alkyl halides is 3. The maximum atomic E-state index is 14.0. The molecule has 1 aromatic carbocycles. The second-order valence-corrected chi connectivity index (χ2v) is 9.29. The molecule has 0 fully saturated rings. The lowest BCUT2D eigenvalue weighted by Gasteiger charge is -2.16. The molecular weight excluding hydrogens is 494 g/mol. The first-order valence-corrected chi connectivity index (χ1v) is 11.6. The van der Waals surface area contributed by atoms with E-state index in [-0.39, 0.29) is 23.9 Å². The minimum Gasteiger partial charge on any atom is -0.366 e. The Balaban J connectivity index is 1.87. The number of benzene rings is 1. The van der Waals surface area contributed by atoms with Crippen molar-refractivity contribution in [3.05, 3.63) is 65.9 Å². The highest BCUT2D eigenvalue weighted by Gasteiger charge is 2.35. The van der Waals surface area contributed by atoms with Crippen LogP contribution in [0.5, 0.6) is 0 Å². The fourth-order valence-electron chi connectivity index (χ4n) is 2.86. The number of nitrogens with zero attached hydrogens (tertiary/aromatic N) is 4. The van der Waals surface area contributed by atoms with Crippen LogP contribution < -0.4 is 25.2 Å². The fraction of sp³-hybridized carbons (Fsp3) is 0.200. The minimum absolute atomic E-state index is 0.0732. The van der Waals surface area contributed by atoms with Gasteiger partial charge in [0.15, 0.2) is 12.4 Å². The Kier molecular flexibility index (Phi) is 7.09. The molecule has 35 heavy (non-hydrogen) atoms. The molecule has 0 atom stereocenters. The lowest BCUT2D eigenvalue weighted by Crippen LogP contribution is -2.39. The van der Waals surface area contributed by atoms with Crippen molar-refractivity contribution >= 4 is 39.1 Å². The van der Waals surface area contributed by atoms with Gasteiger partial charge in [-0.15, -0.1) is 0 Å². The third-order valence-corrected chi connectivity index (χ3v) is 5.92. The highest BCUT2D eigenvalue weighted by atomic mass is 32.2. The van der Waals surface area contributed by atoms with Crippen LogP contribution >= 0.6 is 0 Å². The van der Waals surface area contributed by atoms with E-state index in [4.69, 9.17) is 5.73 Å². The van der Waals surface area contributed by atoms with Crippen LogP contribution in [0.3, 0.4) is 0 Å². The third-order valence-electron chi connectivity index (χ3n) is 4.72. The molecule has 3 rings (SSSR count). The minimum atomic E-state index is -4.78. The number of pyridine rings is 1. The Morgan fingerprint density at radius 1 is 1.26 bits per heavy atom. The van der Waals surface area contributed by atoms with Crippen LogP contribution in [0.2, 0.25) is 0 Å². The molecule has 15 heteroatoms. The molecule has 186 valence electrons. The highest BCUT2D eigenvalue weighted by molar-refractivity contribution is 7.92. The Labute approximate surface area is 197 Å². The summed E-state index contributed by atoms with van der Waals surface area (Å²) < 4.78 is 80.4.